The summed E-state index contributed by atoms with van der Waals surface area (Å²) in [6, 6.07) is 8.75. The first-order chi connectivity index (χ1) is 15.7. The van der Waals surface area contributed by atoms with Crippen molar-refractivity contribution in [2.75, 3.05) is 0 Å². The third kappa shape index (κ3) is 2.76. The van der Waals surface area contributed by atoms with E-state index in [1.807, 2.05) is 0 Å². The predicted octanol–water partition coefficient (Wildman–Crippen LogP) is 7.34. The van der Waals surface area contributed by atoms with Crippen LogP contribution in [0.1, 0.15) is 74.6 Å². The second-order valence-corrected chi connectivity index (χ2v) is 13.0. The predicted molar refractivity (Wildman–Crippen MR) is 135 cm³/mol. The minimum absolute atomic E-state index is 0.422. The van der Waals surface area contributed by atoms with E-state index in [0.29, 0.717) is 22.7 Å². The normalized spacial score (nSPS) is 29.4. The van der Waals surface area contributed by atoms with E-state index in [2.05, 4.69) is 80.3 Å². The van der Waals surface area contributed by atoms with Crippen molar-refractivity contribution in [1.82, 2.24) is 15.0 Å². The molecule has 9 rings (SSSR count). The molecule has 0 saturated heterocycles. The number of rotatable bonds is 2. The fraction of sp³-hybridized carbons (Fsp3) is 0.483. The summed E-state index contributed by atoms with van der Waals surface area (Å²) >= 11 is 3.72. The van der Waals surface area contributed by atoms with Crippen molar-refractivity contribution >= 4 is 15.9 Å². The van der Waals surface area contributed by atoms with Gasteiger partial charge in [-0.15, -0.1) is 0 Å². The molecule has 6 aliphatic carbocycles. The molecule has 0 spiro atoms. The van der Waals surface area contributed by atoms with Crippen LogP contribution in [0.25, 0.3) is 22.8 Å². The summed E-state index contributed by atoms with van der Waals surface area (Å²) in [5, 5.41) is 0. The van der Waals surface area contributed by atoms with Gasteiger partial charge >= 0.3 is 0 Å². The molecule has 168 valence electrons. The fourth-order valence-electron chi connectivity index (χ4n) is 7.35. The van der Waals surface area contributed by atoms with Crippen LogP contribution in [0.2, 0.25) is 0 Å². The zero-order chi connectivity index (χ0) is 22.7. The average molecular weight is 500 g/mol. The van der Waals surface area contributed by atoms with Gasteiger partial charge in [-0.3, -0.25) is 9.97 Å². The van der Waals surface area contributed by atoms with E-state index in [9.17, 15) is 0 Å². The van der Waals surface area contributed by atoms with Crippen LogP contribution in [0.5, 0.6) is 0 Å². The molecule has 33 heavy (non-hydrogen) atoms. The molecule has 0 amide bonds. The number of nitrogens with zero attached hydrogens (tertiary/aromatic N) is 3. The first-order valence-corrected chi connectivity index (χ1v) is 13.2. The number of halogens is 1. The molecule has 2 saturated carbocycles. The van der Waals surface area contributed by atoms with Gasteiger partial charge in [0, 0.05) is 16.9 Å². The summed E-state index contributed by atoms with van der Waals surface area (Å²) in [6.45, 7) is 9.67. The molecule has 0 radical (unpaired) electrons. The zero-order valence-corrected chi connectivity index (χ0v) is 21.4. The first kappa shape index (κ1) is 20.3. The Hall–Kier alpha value is -2.07. The van der Waals surface area contributed by atoms with E-state index < -0.39 is 0 Å². The molecule has 6 aliphatic rings. The maximum Gasteiger partial charge on any atom is 0.0905 e. The van der Waals surface area contributed by atoms with Gasteiger partial charge in [-0.05, 0) is 107 Å². The third-order valence-electron chi connectivity index (χ3n) is 9.99. The Kier molecular flexibility index (Phi) is 4.02. The Labute approximate surface area is 204 Å². The topological polar surface area (TPSA) is 38.7 Å². The maximum atomic E-state index is 5.03. The molecular weight excluding hydrogens is 470 g/mol. The highest BCUT2D eigenvalue weighted by Gasteiger charge is 2.53. The Morgan fingerprint density at radius 2 is 1.15 bits per heavy atom. The van der Waals surface area contributed by atoms with E-state index in [-0.39, 0.29) is 0 Å². The Morgan fingerprint density at radius 1 is 0.697 bits per heavy atom. The van der Waals surface area contributed by atoms with Crippen molar-refractivity contribution in [3.05, 3.63) is 63.4 Å². The van der Waals surface area contributed by atoms with Crippen LogP contribution >= 0.6 is 15.9 Å². The molecule has 3 aromatic heterocycles. The Bertz CT molecular complexity index is 1230. The molecule has 2 fully saturated rings. The summed E-state index contributed by atoms with van der Waals surface area (Å²) in [5.41, 5.74) is 10.5. The highest BCUT2D eigenvalue weighted by molar-refractivity contribution is 9.10. The maximum absolute atomic E-state index is 5.03. The van der Waals surface area contributed by atoms with Gasteiger partial charge in [-0.2, -0.15) is 0 Å². The van der Waals surface area contributed by atoms with Crippen LogP contribution in [0.4, 0.5) is 0 Å². The van der Waals surface area contributed by atoms with Gasteiger partial charge in [-0.1, -0.05) is 43.6 Å². The van der Waals surface area contributed by atoms with Crippen LogP contribution in [0.3, 0.4) is 0 Å². The largest absolute Gasteiger partial charge is 0.254 e. The molecule has 3 heterocycles. The highest BCUT2D eigenvalue weighted by atomic mass is 79.9. The van der Waals surface area contributed by atoms with Crippen LogP contribution in [0.15, 0.2) is 41.1 Å². The van der Waals surface area contributed by atoms with Crippen LogP contribution < -0.4 is 0 Å². The Balaban J connectivity index is 1.25. The molecule has 4 heteroatoms. The molecule has 4 atom stereocenters. The van der Waals surface area contributed by atoms with Gasteiger partial charge in [0.2, 0.25) is 0 Å². The van der Waals surface area contributed by atoms with Gasteiger partial charge in [-0.25, -0.2) is 4.98 Å². The second-order valence-electron chi connectivity index (χ2n) is 12.1. The molecule has 0 unspecified atom stereocenters. The van der Waals surface area contributed by atoms with Crippen molar-refractivity contribution in [2.45, 2.75) is 65.2 Å². The average Bonchev–Trinajstić information content (AvgIpc) is 2.81. The molecule has 4 bridgehead atoms. The van der Waals surface area contributed by atoms with E-state index >= 15 is 0 Å². The third-order valence-corrected chi connectivity index (χ3v) is 10.4. The minimum Gasteiger partial charge on any atom is -0.254 e. The lowest BCUT2D eigenvalue weighted by molar-refractivity contribution is 0.0183. The minimum atomic E-state index is 0.422. The zero-order valence-electron chi connectivity index (χ0n) is 19.8. The standard InChI is InChI=1S/C29H30BrN3/c1-28(2)17-5-15-7-24(31-13-20(15)22(28)9-17)26-11-19(30)12-27(33-26)25-8-16-6-18-10-23(29(18,3)4)21(16)14-32-25/h7-8,11-14,17-18,22-23H,5-6,9-10H2,1-4H3/t17-,18-,22-,23-/m0/s1. The van der Waals surface area contributed by atoms with Crippen molar-refractivity contribution in [1.29, 1.82) is 0 Å². The SMILES string of the molecule is CC1(C)[C@H]2Cc3cc(-c4cc(Br)cc(-c5cc6c(cn5)[C@@H]5C[C@H](C6)C5(C)C)n4)ncc3[C@@H]1C2. The van der Waals surface area contributed by atoms with Crippen LogP contribution in [-0.4, -0.2) is 15.0 Å². The highest BCUT2D eigenvalue weighted by Crippen LogP contribution is 2.63. The number of hydrogen-bond donors (Lipinski definition) is 0. The van der Waals surface area contributed by atoms with Gasteiger partial charge in [0.05, 0.1) is 22.8 Å². The van der Waals surface area contributed by atoms with E-state index in [1.165, 1.54) is 47.9 Å². The smallest absolute Gasteiger partial charge is 0.0905 e. The summed E-state index contributed by atoms with van der Waals surface area (Å²) in [7, 11) is 0. The van der Waals surface area contributed by atoms with Gasteiger partial charge in [0.15, 0.2) is 0 Å². The van der Waals surface area contributed by atoms with Crippen molar-refractivity contribution in [3.8, 4) is 22.8 Å². The Morgan fingerprint density at radius 3 is 1.58 bits per heavy atom. The van der Waals surface area contributed by atoms with Crippen molar-refractivity contribution in [3.63, 3.8) is 0 Å². The van der Waals surface area contributed by atoms with Gasteiger partial charge < -0.3 is 0 Å². The quantitative estimate of drug-likeness (QED) is 0.370. The first-order valence-electron chi connectivity index (χ1n) is 12.4. The van der Waals surface area contributed by atoms with E-state index in [1.54, 1.807) is 0 Å². The lowest BCUT2D eigenvalue weighted by atomic mass is 9.47. The molecule has 0 aromatic carbocycles. The summed E-state index contributed by atoms with van der Waals surface area (Å²) < 4.78 is 1.02. The van der Waals surface area contributed by atoms with Crippen LogP contribution in [0, 0.1) is 22.7 Å². The number of pyridine rings is 3. The van der Waals surface area contributed by atoms with Crippen molar-refractivity contribution < 1.29 is 0 Å². The lowest BCUT2D eigenvalue weighted by Crippen LogP contribution is -2.48. The molecule has 0 N–H and O–H groups in total. The number of hydrogen-bond acceptors (Lipinski definition) is 3. The molecule has 3 aromatic rings. The lowest BCUT2D eigenvalue weighted by Gasteiger charge is -2.57. The summed E-state index contributed by atoms with van der Waals surface area (Å²) in [6.07, 6.45) is 9.23. The second kappa shape index (κ2) is 6.53. The van der Waals surface area contributed by atoms with Gasteiger partial charge in [0.1, 0.15) is 0 Å². The van der Waals surface area contributed by atoms with E-state index in [4.69, 9.17) is 15.0 Å². The summed E-state index contributed by atoms with van der Waals surface area (Å²) in [5.74, 6) is 2.92. The van der Waals surface area contributed by atoms with Crippen LogP contribution in [-0.2, 0) is 12.8 Å². The van der Waals surface area contributed by atoms with Gasteiger partial charge in [0.25, 0.3) is 0 Å². The van der Waals surface area contributed by atoms with E-state index in [0.717, 1.165) is 39.1 Å². The van der Waals surface area contributed by atoms with Crippen molar-refractivity contribution in [2.24, 2.45) is 22.7 Å². The molecule has 3 nitrogen and oxygen atoms in total. The fourth-order valence-corrected chi connectivity index (χ4v) is 7.78. The number of aromatic nitrogens is 3. The molecular formula is C29H30BrN3. The summed E-state index contributed by atoms with van der Waals surface area (Å²) in [4.78, 5) is 14.8. The molecule has 0 aliphatic heterocycles. The monoisotopic (exact) mass is 499 g/mol.